The molecule has 0 aliphatic carbocycles. The molecule has 4 rings (SSSR count). The average molecular weight is 481 g/mol. The summed E-state index contributed by atoms with van der Waals surface area (Å²) >= 11 is 9.52. The molecule has 5 heteroatoms. The number of hydrogen-bond acceptors (Lipinski definition) is 3. The van der Waals surface area contributed by atoms with E-state index >= 15 is 0 Å². The van der Waals surface area contributed by atoms with Gasteiger partial charge in [-0.25, -0.2) is 4.98 Å². The number of hydrogen-bond donors (Lipinski definition) is 1. The number of fused-ring (bicyclic) bond motifs is 1. The third kappa shape index (κ3) is 3.99. The van der Waals surface area contributed by atoms with Crippen molar-refractivity contribution in [3.8, 4) is 17.0 Å². The fraction of sp³-hybridized carbons (Fsp3) is 0.0800. The second-order valence-corrected chi connectivity index (χ2v) is 8.16. The molecule has 0 amide bonds. The van der Waals surface area contributed by atoms with Crippen LogP contribution in [0.25, 0.3) is 28.1 Å². The van der Waals surface area contributed by atoms with Gasteiger partial charge in [-0.05, 0) is 74.1 Å². The normalized spacial score (nSPS) is 12.0. The first kappa shape index (κ1) is 20.6. The average Bonchev–Trinajstić information content (AvgIpc) is 2.79. The van der Waals surface area contributed by atoms with Crippen LogP contribution in [0.15, 0.2) is 77.8 Å². The molecule has 1 unspecified atom stereocenters. The minimum atomic E-state index is -0.794. The Balaban J connectivity index is 1.88. The Bertz CT molecular complexity index is 1260. The van der Waals surface area contributed by atoms with Crippen LogP contribution in [0, 0.1) is 0 Å². The summed E-state index contributed by atoms with van der Waals surface area (Å²) in [6.45, 7) is 3.86. The van der Waals surface area contributed by atoms with Crippen LogP contribution < -0.4 is 4.74 Å². The predicted molar refractivity (Wildman–Crippen MR) is 127 cm³/mol. The Labute approximate surface area is 188 Å². The number of aromatic nitrogens is 1. The van der Waals surface area contributed by atoms with Crippen LogP contribution in [-0.2, 0) is 0 Å². The molecule has 0 bridgehead atoms. The van der Waals surface area contributed by atoms with Crippen LogP contribution in [0.1, 0.15) is 22.8 Å². The highest BCUT2D eigenvalue weighted by molar-refractivity contribution is 9.10. The van der Waals surface area contributed by atoms with Crippen molar-refractivity contribution in [1.82, 2.24) is 4.98 Å². The SMILES string of the molecule is C=Cc1cccc(-c2cc(OC)nc3ccc(C(O)c4ccc(Cl)c(Br)c4)cc23)c1. The zero-order valence-electron chi connectivity index (χ0n) is 16.3. The fourth-order valence-corrected chi connectivity index (χ4v) is 3.95. The first-order chi connectivity index (χ1) is 14.5. The van der Waals surface area contributed by atoms with Crippen molar-refractivity contribution in [2.75, 3.05) is 7.11 Å². The zero-order chi connectivity index (χ0) is 21.3. The summed E-state index contributed by atoms with van der Waals surface area (Å²) in [7, 11) is 1.61. The second kappa shape index (κ2) is 8.60. The van der Waals surface area contributed by atoms with E-state index in [1.807, 2.05) is 60.7 Å². The van der Waals surface area contributed by atoms with Crippen molar-refractivity contribution in [2.45, 2.75) is 6.10 Å². The van der Waals surface area contributed by atoms with Gasteiger partial charge in [0.2, 0.25) is 5.88 Å². The van der Waals surface area contributed by atoms with Gasteiger partial charge in [-0.1, -0.05) is 54.6 Å². The summed E-state index contributed by atoms with van der Waals surface area (Å²) in [5.74, 6) is 0.538. The largest absolute Gasteiger partial charge is 0.481 e. The lowest BCUT2D eigenvalue weighted by Gasteiger charge is -2.15. The second-order valence-electron chi connectivity index (χ2n) is 6.89. The molecule has 1 atom stereocenters. The van der Waals surface area contributed by atoms with E-state index in [-0.39, 0.29) is 0 Å². The Kier molecular flexibility index (Phi) is 5.91. The summed E-state index contributed by atoms with van der Waals surface area (Å²) in [6, 6.07) is 21.2. The molecule has 0 radical (unpaired) electrons. The molecule has 1 aromatic heterocycles. The molecule has 1 N–H and O–H groups in total. The number of pyridine rings is 1. The zero-order valence-corrected chi connectivity index (χ0v) is 18.6. The van der Waals surface area contributed by atoms with Gasteiger partial charge in [-0.15, -0.1) is 0 Å². The molecule has 4 aromatic rings. The van der Waals surface area contributed by atoms with Crippen molar-refractivity contribution < 1.29 is 9.84 Å². The van der Waals surface area contributed by atoms with Crippen molar-refractivity contribution in [2.24, 2.45) is 0 Å². The number of rotatable bonds is 5. The monoisotopic (exact) mass is 479 g/mol. The van der Waals surface area contributed by atoms with E-state index in [1.54, 1.807) is 13.2 Å². The lowest BCUT2D eigenvalue weighted by atomic mass is 9.95. The molecule has 0 saturated heterocycles. The molecule has 0 aliphatic rings. The molecule has 0 spiro atoms. The molecular formula is C25H19BrClNO2. The number of benzene rings is 3. The van der Waals surface area contributed by atoms with Gasteiger partial charge in [0.15, 0.2) is 0 Å². The van der Waals surface area contributed by atoms with Crippen LogP contribution in [0.5, 0.6) is 5.88 Å². The smallest absolute Gasteiger partial charge is 0.214 e. The highest BCUT2D eigenvalue weighted by atomic mass is 79.9. The molecule has 30 heavy (non-hydrogen) atoms. The van der Waals surface area contributed by atoms with Crippen LogP contribution in [-0.4, -0.2) is 17.2 Å². The van der Waals surface area contributed by atoms with E-state index in [0.717, 1.165) is 43.2 Å². The van der Waals surface area contributed by atoms with Crippen LogP contribution in [0.4, 0.5) is 0 Å². The van der Waals surface area contributed by atoms with Gasteiger partial charge in [0.05, 0.1) is 17.6 Å². The standard InChI is InChI=1S/C25H19BrClNO2/c1-3-15-5-4-6-16(11-15)19-14-24(30-2)28-23-10-8-17(12-20(19)23)25(29)18-7-9-22(27)21(26)13-18/h3-14,25,29H,1H2,2H3. The first-order valence-corrected chi connectivity index (χ1v) is 10.5. The van der Waals surface area contributed by atoms with E-state index in [0.29, 0.717) is 10.9 Å². The Morgan fingerprint density at radius 1 is 1.07 bits per heavy atom. The van der Waals surface area contributed by atoms with Gasteiger partial charge in [-0.2, -0.15) is 0 Å². The number of methoxy groups -OCH3 is 1. The molecule has 150 valence electrons. The number of aliphatic hydroxyl groups excluding tert-OH is 1. The lowest BCUT2D eigenvalue weighted by Crippen LogP contribution is -2.00. The molecule has 3 aromatic carbocycles. The molecule has 3 nitrogen and oxygen atoms in total. The molecule has 0 saturated carbocycles. The molecule has 1 heterocycles. The summed E-state index contributed by atoms with van der Waals surface area (Å²) in [5, 5.41) is 12.5. The van der Waals surface area contributed by atoms with Gasteiger partial charge < -0.3 is 9.84 Å². The maximum absolute atomic E-state index is 11.0. The topological polar surface area (TPSA) is 42.4 Å². The van der Waals surface area contributed by atoms with Gasteiger partial charge in [0, 0.05) is 15.9 Å². The quantitative estimate of drug-likeness (QED) is 0.333. The first-order valence-electron chi connectivity index (χ1n) is 9.34. The summed E-state index contributed by atoms with van der Waals surface area (Å²) in [6.07, 6.45) is 1.02. The lowest BCUT2D eigenvalue weighted by molar-refractivity contribution is 0.220. The minimum Gasteiger partial charge on any atom is -0.481 e. The highest BCUT2D eigenvalue weighted by Gasteiger charge is 2.15. The number of ether oxygens (including phenoxy) is 1. The summed E-state index contributed by atoms with van der Waals surface area (Å²) < 4.78 is 6.16. The number of aliphatic hydroxyl groups is 1. The van der Waals surface area contributed by atoms with E-state index in [2.05, 4.69) is 33.6 Å². The summed E-state index contributed by atoms with van der Waals surface area (Å²) in [5.41, 5.74) is 5.35. The van der Waals surface area contributed by atoms with Crippen LogP contribution in [0.2, 0.25) is 5.02 Å². The third-order valence-electron chi connectivity index (χ3n) is 5.03. The van der Waals surface area contributed by atoms with Gasteiger partial charge in [0.25, 0.3) is 0 Å². The van der Waals surface area contributed by atoms with E-state index in [1.165, 1.54) is 0 Å². The Morgan fingerprint density at radius 3 is 2.57 bits per heavy atom. The third-order valence-corrected chi connectivity index (χ3v) is 6.24. The Morgan fingerprint density at radius 2 is 1.83 bits per heavy atom. The van der Waals surface area contributed by atoms with Crippen molar-refractivity contribution >= 4 is 44.5 Å². The van der Waals surface area contributed by atoms with Gasteiger partial charge >= 0.3 is 0 Å². The van der Waals surface area contributed by atoms with E-state index < -0.39 is 6.10 Å². The number of halogens is 2. The highest BCUT2D eigenvalue weighted by Crippen LogP contribution is 2.35. The number of nitrogens with zero attached hydrogens (tertiary/aromatic N) is 1. The van der Waals surface area contributed by atoms with Crippen molar-refractivity contribution in [3.63, 3.8) is 0 Å². The maximum atomic E-state index is 11.0. The van der Waals surface area contributed by atoms with Gasteiger partial charge in [0.1, 0.15) is 6.10 Å². The molecule has 0 aliphatic heterocycles. The van der Waals surface area contributed by atoms with Crippen molar-refractivity contribution in [1.29, 1.82) is 0 Å². The van der Waals surface area contributed by atoms with Gasteiger partial charge in [-0.3, -0.25) is 0 Å². The van der Waals surface area contributed by atoms with E-state index in [4.69, 9.17) is 16.3 Å². The Hall–Kier alpha value is -2.66. The fourth-order valence-electron chi connectivity index (χ4n) is 3.44. The molecule has 0 fully saturated rings. The minimum absolute atomic E-state index is 0.538. The van der Waals surface area contributed by atoms with Crippen molar-refractivity contribution in [3.05, 3.63) is 99.5 Å². The summed E-state index contributed by atoms with van der Waals surface area (Å²) in [4.78, 5) is 4.57. The van der Waals surface area contributed by atoms with E-state index in [9.17, 15) is 5.11 Å². The van der Waals surface area contributed by atoms with Crippen LogP contribution in [0.3, 0.4) is 0 Å². The predicted octanol–water partition coefficient (Wildman–Crippen LogP) is 7.05. The molecular weight excluding hydrogens is 462 g/mol. The van der Waals surface area contributed by atoms with Crippen LogP contribution >= 0.6 is 27.5 Å². The maximum Gasteiger partial charge on any atom is 0.214 e.